The summed E-state index contributed by atoms with van der Waals surface area (Å²) in [6.07, 6.45) is 0.309. The number of benzene rings is 2. The van der Waals surface area contributed by atoms with E-state index in [1.165, 1.54) is 0 Å². The van der Waals surface area contributed by atoms with Crippen molar-refractivity contribution in [3.8, 4) is 0 Å². The van der Waals surface area contributed by atoms with Gasteiger partial charge in [-0.3, -0.25) is 9.59 Å². The van der Waals surface area contributed by atoms with E-state index in [4.69, 9.17) is 0 Å². The SMILES string of the molecule is O=C([O-])C1Nc2ccccc2CC1=O.O=C([O-])C1Nc2ccccc2CC1=O.[Zn+2]. The van der Waals surface area contributed by atoms with E-state index in [9.17, 15) is 29.4 Å². The Kier molecular flexibility index (Phi) is 7.23. The molecule has 2 N–H and O–H groups in total. The summed E-state index contributed by atoms with van der Waals surface area (Å²) < 4.78 is 0. The number of carboxylic acid groups (broad SMARTS) is 2. The first-order chi connectivity index (χ1) is 13.4. The number of ketones is 2. The largest absolute Gasteiger partial charge is 2.00 e. The number of rotatable bonds is 2. The Bertz CT molecular complexity index is 884. The first-order valence-corrected chi connectivity index (χ1v) is 8.53. The number of carbonyl (C=O) groups is 4. The molecule has 8 nitrogen and oxygen atoms in total. The van der Waals surface area contributed by atoms with Gasteiger partial charge in [0.2, 0.25) is 0 Å². The number of fused-ring (bicyclic) bond motifs is 2. The molecule has 0 fully saturated rings. The summed E-state index contributed by atoms with van der Waals surface area (Å²) in [5.74, 6) is -3.46. The van der Waals surface area contributed by atoms with Crippen LogP contribution in [0.4, 0.5) is 11.4 Å². The molecule has 2 aliphatic heterocycles. The molecule has 2 aliphatic rings. The van der Waals surface area contributed by atoms with Crippen molar-refractivity contribution in [2.75, 3.05) is 10.6 Å². The quantitative estimate of drug-likeness (QED) is 0.429. The van der Waals surface area contributed by atoms with Crippen LogP contribution in [0, 0.1) is 0 Å². The summed E-state index contributed by atoms with van der Waals surface area (Å²) in [6.45, 7) is 0. The Hall–Kier alpha value is -3.06. The van der Waals surface area contributed by atoms with Crippen LogP contribution in [0.2, 0.25) is 0 Å². The van der Waals surface area contributed by atoms with E-state index in [2.05, 4.69) is 10.6 Å². The van der Waals surface area contributed by atoms with Crippen LogP contribution < -0.4 is 20.8 Å². The number of aliphatic carboxylic acids is 2. The zero-order valence-electron chi connectivity index (χ0n) is 15.3. The van der Waals surface area contributed by atoms with Crippen molar-refractivity contribution in [3.05, 3.63) is 59.7 Å². The minimum Gasteiger partial charge on any atom is -0.547 e. The monoisotopic (exact) mass is 444 g/mol. The van der Waals surface area contributed by atoms with E-state index in [1.54, 1.807) is 36.4 Å². The summed E-state index contributed by atoms with van der Waals surface area (Å²) in [5.41, 5.74) is 3.05. The van der Waals surface area contributed by atoms with E-state index < -0.39 is 24.0 Å². The third kappa shape index (κ3) is 5.06. The molecule has 144 valence electrons. The van der Waals surface area contributed by atoms with Crippen LogP contribution in [0.25, 0.3) is 0 Å². The molecule has 2 heterocycles. The molecule has 0 amide bonds. The summed E-state index contributed by atoms with van der Waals surface area (Å²) in [5, 5.41) is 26.4. The number of carboxylic acids is 2. The van der Waals surface area contributed by atoms with Crippen molar-refractivity contribution in [3.63, 3.8) is 0 Å². The smallest absolute Gasteiger partial charge is 0.547 e. The maximum Gasteiger partial charge on any atom is 2.00 e. The Balaban J connectivity index is 0.000000200. The van der Waals surface area contributed by atoms with Crippen LogP contribution in [0.3, 0.4) is 0 Å². The van der Waals surface area contributed by atoms with Crippen molar-refractivity contribution >= 4 is 34.9 Å². The molecule has 0 saturated heterocycles. The van der Waals surface area contributed by atoms with Crippen LogP contribution >= 0.6 is 0 Å². The van der Waals surface area contributed by atoms with Crippen molar-refractivity contribution in [2.45, 2.75) is 24.9 Å². The zero-order chi connectivity index (χ0) is 20.3. The van der Waals surface area contributed by atoms with Gasteiger partial charge in [-0.1, -0.05) is 36.4 Å². The molecule has 4 rings (SSSR count). The molecule has 0 radical (unpaired) electrons. The van der Waals surface area contributed by atoms with Crippen molar-refractivity contribution in [2.24, 2.45) is 0 Å². The Labute approximate surface area is 179 Å². The number of nitrogens with one attached hydrogen (secondary N) is 2. The van der Waals surface area contributed by atoms with Crippen LogP contribution in [-0.4, -0.2) is 35.6 Å². The summed E-state index contributed by atoms with van der Waals surface area (Å²) >= 11 is 0. The summed E-state index contributed by atoms with van der Waals surface area (Å²) in [6, 6.07) is 11.9. The molecule has 2 aromatic rings. The maximum absolute atomic E-state index is 11.3. The normalized spacial score (nSPS) is 19.0. The second-order valence-corrected chi connectivity index (χ2v) is 6.39. The van der Waals surface area contributed by atoms with Crippen molar-refractivity contribution < 1.29 is 48.9 Å². The molecular formula is C20H16N2O6Zn. The van der Waals surface area contributed by atoms with Crippen LogP contribution in [-0.2, 0) is 51.5 Å². The second-order valence-electron chi connectivity index (χ2n) is 6.39. The standard InChI is InChI=1S/2C10H9NO3.Zn/c2*12-8-5-6-3-1-2-4-7(6)11-9(8)10(13)14;/h2*1-4,9,11H,5H2,(H,13,14);/q;;+2/p-2. The molecule has 2 atom stereocenters. The fraction of sp³-hybridized carbons (Fsp3) is 0.200. The third-order valence-electron chi connectivity index (χ3n) is 4.48. The molecule has 0 aliphatic carbocycles. The molecule has 9 heteroatoms. The summed E-state index contributed by atoms with van der Waals surface area (Å²) in [4.78, 5) is 43.8. The van der Waals surface area contributed by atoms with Gasteiger partial charge in [-0.25, -0.2) is 0 Å². The average molecular weight is 446 g/mol. The molecule has 0 aromatic heterocycles. The van der Waals surface area contributed by atoms with Gasteiger partial charge in [-0.05, 0) is 23.3 Å². The Morgan fingerprint density at radius 3 is 1.41 bits per heavy atom. The fourth-order valence-electron chi connectivity index (χ4n) is 3.06. The van der Waals surface area contributed by atoms with Crippen LogP contribution in [0.1, 0.15) is 11.1 Å². The minimum atomic E-state index is -1.37. The molecule has 2 aromatic carbocycles. The van der Waals surface area contributed by atoms with E-state index in [0.717, 1.165) is 11.1 Å². The van der Waals surface area contributed by atoms with Gasteiger partial charge in [0.15, 0.2) is 11.6 Å². The topological polar surface area (TPSA) is 138 Å². The molecule has 0 spiro atoms. The van der Waals surface area contributed by atoms with Crippen molar-refractivity contribution in [1.29, 1.82) is 0 Å². The van der Waals surface area contributed by atoms with Gasteiger partial charge in [0.25, 0.3) is 0 Å². The van der Waals surface area contributed by atoms with Gasteiger partial charge in [-0.2, -0.15) is 0 Å². The van der Waals surface area contributed by atoms with Gasteiger partial charge in [0, 0.05) is 24.2 Å². The predicted octanol–water partition coefficient (Wildman–Crippen LogP) is -1.32. The maximum atomic E-state index is 11.3. The first kappa shape index (κ1) is 22.2. The average Bonchev–Trinajstić information content (AvgIpc) is 2.67. The van der Waals surface area contributed by atoms with Gasteiger partial charge in [-0.15, -0.1) is 0 Å². The van der Waals surface area contributed by atoms with Crippen LogP contribution in [0.15, 0.2) is 48.5 Å². The summed E-state index contributed by atoms with van der Waals surface area (Å²) in [7, 11) is 0. The second kappa shape index (κ2) is 9.43. The van der Waals surface area contributed by atoms with Gasteiger partial charge >= 0.3 is 19.5 Å². The molecule has 29 heavy (non-hydrogen) atoms. The number of carbonyl (C=O) groups excluding carboxylic acids is 4. The van der Waals surface area contributed by atoms with Gasteiger partial charge in [0.05, 0.1) is 11.9 Å². The molecule has 0 saturated carbocycles. The minimum absolute atomic E-state index is 0. The third-order valence-corrected chi connectivity index (χ3v) is 4.48. The zero-order valence-corrected chi connectivity index (χ0v) is 18.3. The Morgan fingerprint density at radius 1 is 0.724 bits per heavy atom. The Morgan fingerprint density at radius 2 is 1.07 bits per heavy atom. The number of para-hydroxylation sites is 2. The van der Waals surface area contributed by atoms with Gasteiger partial charge in [0.1, 0.15) is 12.1 Å². The fourth-order valence-corrected chi connectivity index (χ4v) is 3.06. The molecular weight excluding hydrogens is 430 g/mol. The number of Topliss-reactive ketones (excluding diaryl/α,β-unsaturated/α-hetero) is 2. The first-order valence-electron chi connectivity index (χ1n) is 8.53. The molecule has 2 unspecified atom stereocenters. The van der Waals surface area contributed by atoms with E-state index >= 15 is 0 Å². The number of anilines is 2. The number of hydrogen-bond donors (Lipinski definition) is 2. The van der Waals surface area contributed by atoms with E-state index in [1.807, 2.05) is 12.1 Å². The van der Waals surface area contributed by atoms with E-state index in [-0.39, 0.29) is 43.9 Å². The van der Waals surface area contributed by atoms with Crippen LogP contribution in [0.5, 0.6) is 0 Å². The molecule has 0 bridgehead atoms. The van der Waals surface area contributed by atoms with E-state index in [0.29, 0.717) is 11.4 Å². The predicted molar refractivity (Wildman–Crippen MR) is 95.1 cm³/mol. The van der Waals surface area contributed by atoms with Gasteiger partial charge < -0.3 is 30.4 Å². The van der Waals surface area contributed by atoms with Crippen molar-refractivity contribution in [1.82, 2.24) is 0 Å². The number of hydrogen-bond acceptors (Lipinski definition) is 8.